The monoisotopic (exact) mass is 288 g/mol. The fourth-order valence-electron chi connectivity index (χ4n) is 2.13. The van der Waals surface area contributed by atoms with E-state index < -0.39 is 0 Å². The van der Waals surface area contributed by atoms with E-state index in [2.05, 4.69) is 37.3 Å². The normalized spacial score (nSPS) is 16.0. The first kappa shape index (κ1) is 13.5. The van der Waals surface area contributed by atoms with Gasteiger partial charge in [-0.05, 0) is 7.05 Å². The second-order valence-corrected chi connectivity index (χ2v) is 4.88. The number of nitrogens with zero attached hydrogens (tertiary/aromatic N) is 5. The number of amides is 1. The lowest BCUT2D eigenvalue weighted by atomic mass is 10.3. The molecule has 0 bridgehead atoms. The van der Waals surface area contributed by atoms with Gasteiger partial charge in [0.2, 0.25) is 5.76 Å². The van der Waals surface area contributed by atoms with Gasteiger partial charge >= 0.3 is 0 Å². The highest BCUT2D eigenvalue weighted by molar-refractivity contribution is 6.01. The molecule has 0 aliphatic carbocycles. The Hall–Kier alpha value is -2.48. The second-order valence-electron chi connectivity index (χ2n) is 4.88. The molecule has 1 aliphatic heterocycles. The summed E-state index contributed by atoms with van der Waals surface area (Å²) < 4.78 is 4.80. The van der Waals surface area contributed by atoms with Gasteiger partial charge in [-0.15, -0.1) is 0 Å². The molecule has 2 aromatic heterocycles. The molecule has 8 heteroatoms. The van der Waals surface area contributed by atoms with Crippen molar-refractivity contribution in [2.75, 3.05) is 43.4 Å². The Bertz CT molecular complexity index is 607. The minimum Gasteiger partial charge on any atom is -0.354 e. The third-order valence-corrected chi connectivity index (χ3v) is 3.38. The lowest BCUT2D eigenvalue weighted by Crippen LogP contribution is -2.44. The van der Waals surface area contributed by atoms with Gasteiger partial charge in [-0.3, -0.25) is 4.79 Å². The van der Waals surface area contributed by atoms with Crippen LogP contribution < -0.4 is 10.2 Å². The highest BCUT2D eigenvalue weighted by Crippen LogP contribution is 2.16. The standard InChI is InChI=1S/C13H16N6O2/c1-18-4-6-19(7-5-18)12-8-11(14-9-15-12)17-13(20)10-2-3-16-21-10/h2-3,8-9H,4-7H2,1H3,(H,14,15,17,20). The molecule has 8 nitrogen and oxygen atoms in total. The molecule has 0 unspecified atom stereocenters. The summed E-state index contributed by atoms with van der Waals surface area (Å²) in [5.74, 6) is 1.02. The van der Waals surface area contributed by atoms with E-state index in [0.29, 0.717) is 5.82 Å². The van der Waals surface area contributed by atoms with Gasteiger partial charge in [-0.25, -0.2) is 9.97 Å². The molecule has 110 valence electrons. The lowest BCUT2D eigenvalue weighted by Gasteiger charge is -2.33. The first-order valence-corrected chi connectivity index (χ1v) is 6.70. The minimum absolute atomic E-state index is 0.148. The zero-order valence-corrected chi connectivity index (χ0v) is 11.7. The molecule has 3 rings (SSSR count). The van der Waals surface area contributed by atoms with Crippen LogP contribution >= 0.6 is 0 Å². The smallest absolute Gasteiger partial charge is 0.295 e. The predicted octanol–water partition coefficient (Wildman–Crippen LogP) is 0.469. The van der Waals surface area contributed by atoms with Crippen LogP contribution in [-0.4, -0.2) is 59.2 Å². The molecule has 1 N–H and O–H groups in total. The van der Waals surface area contributed by atoms with E-state index in [4.69, 9.17) is 4.52 Å². The van der Waals surface area contributed by atoms with Crippen molar-refractivity contribution in [3.05, 3.63) is 30.4 Å². The number of nitrogens with one attached hydrogen (secondary N) is 1. The van der Waals surface area contributed by atoms with Crippen LogP contribution in [0.4, 0.5) is 11.6 Å². The molecular weight excluding hydrogens is 272 g/mol. The number of hydrogen-bond acceptors (Lipinski definition) is 7. The molecular formula is C13H16N6O2. The highest BCUT2D eigenvalue weighted by Gasteiger charge is 2.17. The lowest BCUT2D eigenvalue weighted by molar-refractivity contribution is 0.0987. The van der Waals surface area contributed by atoms with Crippen molar-refractivity contribution in [2.45, 2.75) is 0 Å². The molecule has 0 spiro atoms. The molecule has 1 fully saturated rings. The zero-order chi connectivity index (χ0) is 14.7. The van der Waals surface area contributed by atoms with E-state index in [1.165, 1.54) is 18.6 Å². The van der Waals surface area contributed by atoms with Crippen molar-refractivity contribution >= 4 is 17.5 Å². The van der Waals surface area contributed by atoms with E-state index >= 15 is 0 Å². The van der Waals surface area contributed by atoms with Crippen molar-refractivity contribution in [3.8, 4) is 0 Å². The largest absolute Gasteiger partial charge is 0.354 e. The average molecular weight is 288 g/mol. The minimum atomic E-state index is -0.379. The summed E-state index contributed by atoms with van der Waals surface area (Å²) in [6.07, 6.45) is 2.87. The van der Waals surface area contributed by atoms with Gasteiger partial charge < -0.3 is 19.6 Å². The summed E-state index contributed by atoms with van der Waals surface area (Å²) in [6, 6.07) is 3.26. The van der Waals surface area contributed by atoms with Gasteiger partial charge in [0.15, 0.2) is 0 Å². The van der Waals surface area contributed by atoms with E-state index in [0.717, 1.165) is 32.0 Å². The van der Waals surface area contributed by atoms with Crippen molar-refractivity contribution in [2.24, 2.45) is 0 Å². The van der Waals surface area contributed by atoms with Gasteiger partial charge in [0.1, 0.15) is 18.0 Å². The Kier molecular flexibility index (Phi) is 3.78. The molecule has 0 aromatic carbocycles. The molecule has 3 heterocycles. The third-order valence-electron chi connectivity index (χ3n) is 3.38. The molecule has 1 amide bonds. The fourth-order valence-corrected chi connectivity index (χ4v) is 2.13. The van der Waals surface area contributed by atoms with Crippen molar-refractivity contribution in [1.29, 1.82) is 0 Å². The number of aromatic nitrogens is 3. The molecule has 21 heavy (non-hydrogen) atoms. The maximum absolute atomic E-state index is 11.9. The van der Waals surface area contributed by atoms with Crippen molar-refractivity contribution in [3.63, 3.8) is 0 Å². The SMILES string of the molecule is CN1CCN(c2cc(NC(=O)c3ccno3)ncn2)CC1. The van der Waals surface area contributed by atoms with Gasteiger partial charge in [0, 0.05) is 38.3 Å². The Balaban J connectivity index is 1.70. The average Bonchev–Trinajstić information content (AvgIpc) is 3.02. The number of hydrogen-bond donors (Lipinski definition) is 1. The predicted molar refractivity (Wildman–Crippen MR) is 76.2 cm³/mol. The van der Waals surface area contributed by atoms with Crippen LogP contribution in [0.2, 0.25) is 0 Å². The Labute approximate surface area is 121 Å². The summed E-state index contributed by atoms with van der Waals surface area (Å²) >= 11 is 0. The molecule has 0 atom stereocenters. The van der Waals surface area contributed by atoms with E-state index in [1.54, 1.807) is 6.07 Å². The van der Waals surface area contributed by atoms with Gasteiger partial charge in [0.05, 0.1) is 6.20 Å². The van der Waals surface area contributed by atoms with Crippen LogP contribution in [-0.2, 0) is 0 Å². The van der Waals surface area contributed by atoms with Crippen LogP contribution in [0.25, 0.3) is 0 Å². The zero-order valence-electron chi connectivity index (χ0n) is 11.7. The maximum Gasteiger partial charge on any atom is 0.295 e. The van der Waals surface area contributed by atoms with Crippen LogP contribution in [0.15, 0.2) is 29.2 Å². The number of anilines is 2. The third kappa shape index (κ3) is 3.16. The highest BCUT2D eigenvalue weighted by atomic mass is 16.5. The topological polar surface area (TPSA) is 87.4 Å². The van der Waals surface area contributed by atoms with E-state index in [9.17, 15) is 4.79 Å². The number of likely N-dealkylation sites (N-methyl/N-ethyl adjacent to an activating group) is 1. The molecule has 1 aliphatic rings. The van der Waals surface area contributed by atoms with Crippen LogP contribution in [0, 0.1) is 0 Å². The van der Waals surface area contributed by atoms with Crippen LogP contribution in [0.3, 0.4) is 0 Å². The van der Waals surface area contributed by atoms with E-state index in [-0.39, 0.29) is 11.7 Å². The summed E-state index contributed by atoms with van der Waals surface area (Å²) in [4.78, 5) is 24.6. The summed E-state index contributed by atoms with van der Waals surface area (Å²) in [6.45, 7) is 3.79. The van der Waals surface area contributed by atoms with Gasteiger partial charge in [0.25, 0.3) is 5.91 Å². The number of carbonyl (C=O) groups is 1. The second kappa shape index (κ2) is 5.88. The summed E-state index contributed by atoms with van der Waals surface area (Å²) in [7, 11) is 2.10. The van der Waals surface area contributed by atoms with E-state index in [1.807, 2.05) is 0 Å². The first-order valence-electron chi connectivity index (χ1n) is 6.70. The molecule has 1 saturated heterocycles. The quantitative estimate of drug-likeness (QED) is 0.878. The Morgan fingerprint density at radius 3 is 2.81 bits per heavy atom. The van der Waals surface area contributed by atoms with Gasteiger partial charge in [-0.1, -0.05) is 5.16 Å². The van der Waals surface area contributed by atoms with Crippen LogP contribution in [0.1, 0.15) is 10.6 Å². The fraction of sp³-hybridized carbons (Fsp3) is 0.385. The molecule has 2 aromatic rings. The van der Waals surface area contributed by atoms with Crippen LogP contribution in [0.5, 0.6) is 0 Å². The number of rotatable bonds is 3. The maximum atomic E-state index is 11.9. The van der Waals surface area contributed by atoms with Crippen molar-refractivity contribution in [1.82, 2.24) is 20.0 Å². The summed E-state index contributed by atoms with van der Waals surface area (Å²) in [5, 5.41) is 6.17. The number of carbonyl (C=O) groups excluding carboxylic acids is 1. The van der Waals surface area contributed by atoms with Gasteiger partial charge in [-0.2, -0.15) is 0 Å². The Morgan fingerprint density at radius 2 is 2.10 bits per heavy atom. The van der Waals surface area contributed by atoms with Crippen molar-refractivity contribution < 1.29 is 9.32 Å². The Morgan fingerprint density at radius 1 is 1.29 bits per heavy atom. The summed E-state index contributed by atoms with van der Waals surface area (Å²) in [5.41, 5.74) is 0. The molecule has 0 saturated carbocycles. The molecule has 0 radical (unpaired) electrons. The number of piperazine rings is 1. The first-order chi connectivity index (χ1) is 10.2.